The second kappa shape index (κ2) is 3.92. The topological polar surface area (TPSA) is 46.9 Å². The van der Waals surface area contributed by atoms with Crippen LogP contribution in [-0.2, 0) is 6.54 Å². The van der Waals surface area contributed by atoms with Crippen molar-refractivity contribution in [2.24, 2.45) is 0 Å². The maximum absolute atomic E-state index is 11.4. The van der Waals surface area contributed by atoms with Crippen LogP contribution in [0.25, 0.3) is 0 Å². The molecule has 1 saturated heterocycles. The van der Waals surface area contributed by atoms with Gasteiger partial charge in [0.15, 0.2) is 0 Å². The lowest BCUT2D eigenvalue weighted by atomic mass is 10.2. The minimum atomic E-state index is -0.00991. The molecular formula is C10H15N3O. The summed E-state index contributed by atoms with van der Waals surface area (Å²) in [4.78, 5) is 11.4. The minimum Gasteiger partial charge on any atom is -0.312 e. The number of nitrogens with one attached hydrogen (secondary N) is 1. The lowest BCUT2D eigenvalue weighted by Crippen LogP contribution is -2.33. The van der Waals surface area contributed by atoms with Crippen LogP contribution in [0.1, 0.15) is 18.5 Å². The Balaban J connectivity index is 2.15. The average Bonchev–Trinajstić information content (AvgIpc) is 2.64. The molecule has 4 heteroatoms. The molecule has 1 aromatic heterocycles. The SMILES string of the molecule is Cc1ccc(=O)n(C[C@H]2CCCN2)n1. The minimum absolute atomic E-state index is 0.00991. The van der Waals surface area contributed by atoms with Gasteiger partial charge in [-0.3, -0.25) is 4.79 Å². The van der Waals surface area contributed by atoms with Gasteiger partial charge in [-0.15, -0.1) is 0 Å². The molecule has 0 spiro atoms. The average molecular weight is 193 g/mol. The van der Waals surface area contributed by atoms with E-state index in [-0.39, 0.29) is 5.56 Å². The molecular weight excluding hydrogens is 178 g/mol. The van der Waals surface area contributed by atoms with Crippen LogP contribution in [-0.4, -0.2) is 22.4 Å². The number of rotatable bonds is 2. The summed E-state index contributed by atoms with van der Waals surface area (Å²) in [5.74, 6) is 0. The van der Waals surface area contributed by atoms with Crippen molar-refractivity contribution in [1.82, 2.24) is 15.1 Å². The van der Waals surface area contributed by atoms with Crippen LogP contribution in [0.4, 0.5) is 0 Å². The van der Waals surface area contributed by atoms with Gasteiger partial charge in [0.1, 0.15) is 0 Å². The Labute approximate surface area is 82.9 Å². The zero-order valence-electron chi connectivity index (χ0n) is 8.36. The zero-order chi connectivity index (χ0) is 9.97. The van der Waals surface area contributed by atoms with E-state index in [9.17, 15) is 4.79 Å². The molecule has 0 amide bonds. The monoisotopic (exact) mass is 193 g/mol. The van der Waals surface area contributed by atoms with Gasteiger partial charge < -0.3 is 5.32 Å². The van der Waals surface area contributed by atoms with Crippen molar-refractivity contribution in [3.63, 3.8) is 0 Å². The van der Waals surface area contributed by atoms with Gasteiger partial charge in [-0.2, -0.15) is 5.10 Å². The highest BCUT2D eigenvalue weighted by Crippen LogP contribution is 2.05. The lowest BCUT2D eigenvalue weighted by molar-refractivity contribution is 0.456. The van der Waals surface area contributed by atoms with E-state index in [1.807, 2.05) is 6.92 Å². The van der Waals surface area contributed by atoms with E-state index >= 15 is 0 Å². The molecule has 0 aromatic carbocycles. The number of hydrogen-bond donors (Lipinski definition) is 1. The number of hydrogen-bond acceptors (Lipinski definition) is 3. The van der Waals surface area contributed by atoms with Crippen molar-refractivity contribution < 1.29 is 0 Å². The predicted octanol–water partition coefficient (Wildman–Crippen LogP) is 0.304. The number of nitrogens with zero attached hydrogens (tertiary/aromatic N) is 2. The van der Waals surface area contributed by atoms with Gasteiger partial charge in [0.05, 0.1) is 12.2 Å². The van der Waals surface area contributed by atoms with Crippen molar-refractivity contribution in [2.45, 2.75) is 32.4 Å². The molecule has 2 rings (SSSR count). The van der Waals surface area contributed by atoms with Gasteiger partial charge in [-0.1, -0.05) is 0 Å². The quantitative estimate of drug-likeness (QED) is 0.735. The molecule has 1 aromatic rings. The number of aromatic nitrogens is 2. The van der Waals surface area contributed by atoms with Crippen LogP contribution in [0.3, 0.4) is 0 Å². The smallest absolute Gasteiger partial charge is 0.266 e. The Morgan fingerprint density at radius 2 is 2.50 bits per heavy atom. The lowest BCUT2D eigenvalue weighted by Gasteiger charge is -2.11. The highest BCUT2D eigenvalue weighted by molar-refractivity contribution is 4.97. The Morgan fingerprint density at radius 1 is 1.64 bits per heavy atom. The molecule has 0 saturated carbocycles. The maximum atomic E-state index is 11.4. The first kappa shape index (κ1) is 9.40. The summed E-state index contributed by atoms with van der Waals surface area (Å²) in [7, 11) is 0. The van der Waals surface area contributed by atoms with Crippen LogP contribution < -0.4 is 10.9 Å². The van der Waals surface area contributed by atoms with E-state index in [0.29, 0.717) is 12.6 Å². The summed E-state index contributed by atoms with van der Waals surface area (Å²) >= 11 is 0. The Hall–Kier alpha value is -1.16. The van der Waals surface area contributed by atoms with E-state index in [2.05, 4.69) is 10.4 Å². The second-order valence-corrected chi connectivity index (χ2v) is 3.79. The molecule has 2 heterocycles. The van der Waals surface area contributed by atoms with Crippen molar-refractivity contribution in [1.29, 1.82) is 0 Å². The van der Waals surface area contributed by atoms with Crippen molar-refractivity contribution in [2.75, 3.05) is 6.54 Å². The summed E-state index contributed by atoms with van der Waals surface area (Å²) in [5, 5.41) is 7.55. The normalized spacial score (nSPS) is 21.4. The van der Waals surface area contributed by atoms with Gasteiger partial charge in [0.25, 0.3) is 5.56 Å². The van der Waals surface area contributed by atoms with Gasteiger partial charge in [-0.25, -0.2) is 4.68 Å². The molecule has 1 aliphatic rings. The van der Waals surface area contributed by atoms with Crippen LogP contribution >= 0.6 is 0 Å². The van der Waals surface area contributed by atoms with Crippen molar-refractivity contribution in [3.8, 4) is 0 Å². The molecule has 76 valence electrons. The molecule has 4 nitrogen and oxygen atoms in total. The third-order valence-corrected chi connectivity index (χ3v) is 2.56. The summed E-state index contributed by atoms with van der Waals surface area (Å²) < 4.78 is 1.55. The highest BCUT2D eigenvalue weighted by atomic mass is 16.1. The molecule has 0 radical (unpaired) electrons. The molecule has 1 N–H and O–H groups in total. The van der Waals surface area contributed by atoms with Crippen LogP contribution in [0.15, 0.2) is 16.9 Å². The Kier molecular flexibility index (Phi) is 2.63. The largest absolute Gasteiger partial charge is 0.312 e. The fourth-order valence-corrected chi connectivity index (χ4v) is 1.80. The first-order valence-electron chi connectivity index (χ1n) is 5.04. The van der Waals surface area contributed by atoms with E-state index in [1.165, 1.54) is 6.42 Å². The summed E-state index contributed by atoms with van der Waals surface area (Å²) in [6.45, 7) is 3.66. The summed E-state index contributed by atoms with van der Waals surface area (Å²) in [6.07, 6.45) is 2.34. The van der Waals surface area contributed by atoms with Crippen molar-refractivity contribution >= 4 is 0 Å². The standard InChI is InChI=1S/C10H15N3O/c1-8-4-5-10(14)13(12-8)7-9-3-2-6-11-9/h4-5,9,11H,2-3,6-7H2,1H3/t9-/m1/s1. The van der Waals surface area contributed by atoms with Gasteiger partial charge in [0.2, 0.25) is 0 Å². The van der Waals surface area contributed by atoms with Gasteiger partial charge >= 0.3 is 0 Å². The molecule has 1 fully saturated rings. The summed E-state index contributed by atoms with van der Waals surface area (Å²) in [5.41, 5.74) is 0.881. The van der Waals surface area contributed by atoms with Gasteiger partial charge in [-0.05, 0) is 32.4 Å². The van der Waals surface area contributed by atoms with Crippen LogP contribution in [0, 0.1) is 6.92 Å². The van der Waals surface area contributed by atoms with E-state index < -0.39 is 0 Å². The molecule has 0 aliphatic carbocycles. The highest BCUT2D eigenvalue weighted by Gasteiger charge is 2.15. The molecule has 0 bridgehead atoms. The zero-order valence-corrected chi connectivity index (χ0v) is 8.36. The second-order valence-electron chi connectivity index (χ2n) is 3.79. The summed E-state index contributed by atoms with van der Waals surface area (Å²) in [6, 6.07) is 3.75. The molecule has 0 unspecified atom stereocenters. The fraction of sp³-hybridized carbons (Fsp3) is 0.600. The number of aryl methyl sites for hydroxylation is 1. The third-order valence-electron chi connectivity index (χ3n) is 2.56. The van der Waals surface area contributed by atoms with Crippen LogP contribution in [0.2, 0.25) is 0 Å². The van der Waals surface area contributed by atoms with Crippen molar-refractivity contribution in [3.05, 3.63) is 28.2 Å². The molecule has 14 heavy (non-hydrogen) atoms. The van der Waals surface area contributed by atoms with E-state index in [0.717, 1.165) is 18.7 Å². The predicted molar refractivity (Wildman–Crippen MR) is 54.3 cm³/mol. The molecule has 1 atom stereocenters. The van der Waals surface area contributed by atoms with E-state index in [1.54, 1.807) is 16.8 Å². The fourth-order valence-electron chi connectivity index (χ4n) is 1.80. The third kappa shape index (κ3) is 2.01. The van der Waals surface area contributed by atoms with Gasteiger partial charge in [0, 0.05) is 12.1 Å². The Bertz CT molecular complexity index is 366. The maximum Gasteiger partial charge on any atom is 0.266 e. The first-order chi connectivity index (χ1) is 6.75. The van der Waals surface area contributed by atoms with Crippen LogP contribution in [0.5, 0.6) is 0 Å². The Morgan fingerprint density at radius 3 is 3.21 bits per heavy atom. The van der Waals surface area contributed by atoms with E-state index in [4.69, 9.17) is 0 Å². The molecule has 1 aliphatic heterocycles. The first-order valence-corrected chi connectivity index (χ1v) is 5.04.